The van der Waals surface area contributed by atoms with Crippen molar-refractivity contribution in [2.75, 3.05) is 5.32 Å². The number of rotatable bonds is 6. The molecule has 11 nitrogen and oxygen atoms in total. The molecule has 1 fully saturated rings. The van der Waals surface area contributed by atoms with Crippen molar-refractivity contribution in [1.29, 1.82) is 0 Å². The Hall–Kier alpha value is -3.64. The number of aromatic nitrogens is 2. The fraction of sp³-hybridized carbons (Fsp3) is 0.360. The largest absolute Gasteiger partial charge is 0.465 e. The summed E-state index contributed by atoms with van der Waals surface area (Å²) in [7, 11) is -3.76. The quantitative estimate of drug-likeness (QED) is 0.401. The van der Waals surface area contributed by atoms with Crippen LogP contribution in [0.3, 0.4) is 0 Å². The highest BCUT2D eigenvalue weighted by molar-refractivity contribution is 7.90. The average Bonchev–Trinajstić information content (AvgIpc) is 3.63. The summed E-state index contributed by atoms with van der Waals surface area (Å²) in [4.78, 5) is 44.3. The lowest BCUT2D eigenvalue weighted by Crippen LogP contribution is -2.47. The lowest BCUT2D eigenvalue weighted by molar-refractivity contribution is 0.0719. The van der Waals surface area contributed by atoms with E-state index in [-0.39, 0.29) is 27.6 Å². The molecule has 4 rings (SSSR count). The molecular formula is C25H28ClN5O6S. The van der Waals surface area contributed by atoms with Gasteiger partial charge in [0.25, 0.3) is 5.56 Å². The predicted molar refractivity (Wildman–Crippen MR) is 144 cm³/mol. The summed E-state index contributed by atoms with van der Waals surface area (Å²) in [6.45, 7) is 6.83. The van der Waals surface area contributed by atoms with Crippen LogP contribution in [0.5, 0.6) is 0 Å². The molecule has 1 aliphatic carbocycles. The van der Waals surface area contributed by atoms with Gasteiger partial charge >= 0.3 is 12.1 Å². The summed E-state index contributed by atoms with van der Waals surface area (Å²) in [5.74, 6) is 0.139. The van der Waals surface area contributed by atoms with Crippen molar-refractivity contribution in [1.82, 2.24) is 19.2 Å². The van der Waals surface area contributed by atoms with E-state index in [4.69, 9.17) is 11.6 Å². The topological polar surface area (TPSA) is 151 Å². The van der Waals surface area contributed by atoms with E-state index >= 15 is 0 Å². The molecule has 38 heavy (non-hydrogen) atoms. The minimum Gasteiger partial charge on any atom is -0.465 e. The van der Waals surface area contributed by atoms with Crippen molar-refractivity contribution < 1.29 is 23.1 Å². The number of urea groups is 1. The Morgan fingerprint density at radius 3 is 2.45 bits per heavy atom. The van der Waals surface area contributed by atoms with Crippen molar-refractivity contribution in [3.05, 3.63) is 63.7 Å². The number of nitrogens with one attached hydrogen (secondary N) is 2. The van der Waals surface area contributed by atoms with Crippen molar-refractivity contribution in [2.24, 2.45) is 0 Å². The zero-order valence-corrected chi connectivity index (χ0v) is 22.8. The normalized spacial score (nSPS) is 14.7. The highest BCUT2D eigenvalue weighted by Crippen LogP contribution is 2.31. The van der Waals surface area contributed by atoms with Gasteiger partial charge in [0.2, 0.25) is 10.0 Å². The smallest absolute Gasteiger partial charge is 0.408 e. The van der Waals surface area contributed by atoms with Gasteiger partial charge in [0.05, 0.1) is 32.9 Å². The second kappa shape index (κ2) is 9.91. The molecule has 1 heterocycles. The molecule has 0 spiro atoms. The summed E-state index contributed by atoms with van der Waals surface area (Å²) in [6, 6.07) is 9.18. The lowest BCUT2D eigenvalue weighted by atomic mass is 10.0. The highest BCUT2D eigenvalue weighted by Gasteiger charge is 2.37. The standard InChI is InChI=1S/C25H28ClN5O6S/c1-14(31(24(34)35)25(2,3)4)21-28-19-10-6-9-18(26)20(19)22(32)30(21)16-8-5-7-15(13-16)27-23(33)29-38(36,37)17-11-12-17/h5-10,13-14,17H,11-12H2,1-4H3,(H,34,35)(H2,27,29,33)/t14-/m0/s1. The van der Waals surface area contributed by atoms with E-state index in [0.717, 1.165) is 0 Å². The van der Waals surface area contributed by atoms with Crippen LogP contribution in [0, 0.1) is 0 Å². The van der Waals surface area contributed by atoms with Crippen molar-refractivity contribution >= 4 is 50.3 Å². The molecule has 13 heteroatoms. The van der Waals surface area contributed by atoms with E-state index < -0.39 is 44.5 Å². The SMILES string of the molecule is C[C@@H](c1nc2cccc(Cl)c2c(=O)n1-c1cccc(NC(=O)NS(=O)(=O)C2CC2)c1)N(C(=O)O)C(C)(C)C. The molecule has 0 aliphatic heterocycles. The fourth-order valence-electron chi connectivity index (χ4n) is 4.36. The number of nitrogens with zero attached hydrogens (tertiary/aromatic N) is 3. The van der Waals surface area contributed by atoms with Gasteiger partial charge in [0.15, 0.2) is 0 Å². The number of carbonyl (C=O) groups excluding carboxylic acids is 1. The number of sulfonamides is 1. The third kappa shape index (κ3) is 5.46. The highest BCUT2D eigenvalue weighted by atomic mass is 35.5. The molecule has 3 N–H and O–H groups in total. The van der Waals surface area contributed by atoms with E-state index in [1.54, 1.807) is 58.0 Å². The number of fused-ring (bicyclic) bond motifs is 1. The van der Waals surface area contributed by atoms with Crippen LogP contribution in [-0.4, -0.2) is 50.9 Å². The molecule has 1 aromatic heterocycles. The second-order valence-electron chi connectivity index (χ2n) is 10.1. The molecule has 202 valence electrons. The van der Waals surface area contributed by atoms with Gasteiger partial charge in [-0.2, -0.15) is 0 Å². The molecule has 1 saturated carbocycles. The number of halogens is 1. The summed E-state index contributed by atoms with van der Waals surface area (Å²) >= 11 is 6.35. The molecule has 0 unspecified atom stereocenters. The van der Waals surface area contributed by atoms with E-state index in [0.29, 0.717) is 18.4 Å². The maximum absolute atomic E-state index is 13.8. The van der Waals surface area contributed by atoms with Crippen LogP contribution in [0.15, 0.2) is 47.3 Å². The maximum atomic E-state index is 13.8. The molecule has 1 atom stereocenters. The van der Waals surface area contributed by atoms with Crippen LogP contribution in [0.2, 0.25) is 5.02 Å². The number of carbonyl (C=O) groups is 2. The monoisotopic (exact) mass is 561 g/mol. The summed E-state index contributed by atoms with van der Waals surface area (Å²) in [5.41, 5.74) is -0.570. The number of amides is 3. The Bertz CT molecular complexity index is 1590. The first-order chi connectivity index (χ1) is 17.7. The molecule has 1 aliphatic rings. The Morgan fingerprint density at radius 2 is 1.84 bits per heavy atom. The Morgan fingerprint density at radius 1 is 1.18 bits per heavy atom. The summed E-state index contributed by atoms with van der Waals surface area (Å²) in [6.07, 6.45) is -0.191. The number of hydrogen-bond donors (Lipinski definition) is 3. The average molecular weight is 562 g/mol. The minimum atomic E-state index is -3.76. The molecule has 2 aromatic carbocycles. The Balaban J connectivity index is 1.84. The van der Waals surface area contributed by atoms with Gasteiger partial charge < -0.3 is 10.4 Å². The van der Waals surface area contributed by atoms with Gasteiger partial charge in [-0.05, 0) is 70.9 Å². The number of anilines is 1. The maximum Gasteiger partial charge on any atom is 0.408 e. The molecule has 0 bridgehead atoms. The van der Waals surface area contributed by atoms with Gasteiger partial charge in [0.1, 0.15) is 5.82 Å². The van der Waals surface area contributed by atoms with Crippen LogP contribution in [0.4, 0.5) is 15.3 Å². The zero-order chi connectivity index (χ0) is 28.0. The van der Waals surface area contributed by atoms with Gasteiger partial charge in [-0.3, -0.25) is 14.3 Å². The Labute approximate surface area is 224 Å². The molecule has 0 saturated heterocycles. The van der Waals surface area contributed by atoms with Crippen molar-refractivity contribution in [2.45, 2.75) is 57.4 Å². The van der Waals surface area contributed by atoms with E-state index in [1.165, 1.54) is 21.6 Å². The number of benzene rings is 2. The molecular weight excluding hydrogens is 534 g/mol. The first-order valence-electron chi connectivity index (χ1n) is 11.9. The number of hydrogen-bond acceptors (Lipinski definition) is 6. The lowest BCUT2D eigenvalue weighted by Gasteiger charge is -2.38. The molecule has 0 radical (unpaired) electrons. The molecule has 3 aromatic rings. The third-order valence-corrected chi connectivity index (χ3v) is 8.26. The summed E-state index contributed by atoms with van der Waals surface area (Å²) < 4.78 is 27.5. The first kappa shape index (κ1) is 27.4. The third-order valence-electron chi connectivity index (χ3n) is 6.12. The van der Waals surface area contributed by atoms with Gasteiger partial charge in [-0.1, -0.05) is 23.7 Å². The van der Waals surface area contributed by atoms with Crippen LogP contribution >= 0.6 is 11.6 Å². The van der Waals surface area contributed by atoms with Gasteiger partial charge in [0, 0.05) is 11.2 Å². The van der Waals surface area contributed by atoms with Crippen molar-refractivity contribution in [3.63, 3.8) is 0 Å². The van der Waals surface area contributed by atoms with E-state index in [2.05, 4.69) is 10.3 Å². The van der Waals surface area contributed by atoms with E-state index in [1.807, 2.05) is 4.72 Å². The second-order valence-corrected chi connectivity index (χ2v) is 12.5. The van der Waals surface area contributed by atoms with E-state index in [9.17, 15) is 27.9 Å². The minimum absolute atomic E-state index is 0.139. The van der Waals surface area contributed by atoms with Crippen LogP contribution in [-0.2, 0) is 10.0 Å². The van der Waals surface area contributed by atoms with Gasteiger partial charge in [-0.25, -0.2) is 27.7 Å². The first-order valence-corrected chi connectivity index (χ1v) is 13.8. The van der Waals surface area contributed by atoms with Crippen LogP contribution in [0.25, 0.3) is 16.6 Å². The predicted octanol–water partition coefficient (Wildman–Crippen LogP) is 4.49. The van der Waals surface area contributed by atoms with Crippen LogP contribution in [0.1, 0.15) is 52.4 Å². The van der Waals surface area contributed by atoms with Gasteiger partial charge in [-0.15, -0.1) is 0 Å². The number of carboxylic acid groups (broad SMARTS) is 1. The van der Waals surface area contributed by atoms with Crippen LogP contribution < -0.4 is 15.6 Å². The Kier molecular flexibility index (Phi) is 7.15. The zero-order valence-electron chi connectivity index (χ0n) is 21.2. The summed E-state index contributed by atoms with van der Waals surface area (Å²) in [5, 5.41) is 12.2. The van der Waals surface area contributed by atoms with Crippen molar-refractivity contribution in [3.8, 4) is 5.69 Å². The fourth-order valence-corrected chi connectivity index (χ4v) is 5.84. The molecule has 3 amide bonds.